The Labute approximate surface area is 104 Å². The summed E-state index contributed by atoms with van der Waals surface area (Å²) in [5, 5.41) is 1.93. The van der Waals surface area contributed by atoms with Crippen LogP contribution in [0.1, 0.15) is 34.0 Å². The van der Waals surface area contributed by atoms with E-state index >= 15 is 0 Å². The molecule has 0 aromatic rings. The lowest BCUT2D eigenvalue weighted by Gasteiger charge is -2.29. The Kier molecular flexibility index (Phi) is 3.38. The number of carbonyl (C=O) groups is 2. The first-order valence-electron chi connectivity index (χ1n) is 6.79. The quantitative estimate of drug-likeness (QED) is 0.765. The fourth-order valence-electron chi connectivity index (χ4n) is 2.74. The summed E-state index contributed by atoms with van der Waals surface area (Å²) in [6, 6.07) is -0.568. The number of nitrogens with one attached hydrogen (secondary N) is 1. The van der Waals surface area contributed by atoms with Crippen LogP contribution in [0.3, 0.4) is 0 Å². The number of nitrogens with zero attached hydrogens (tertiary/aromatic N) is 2. The maximum absolute atomic E-state index is 12.5. The van der Waals surface area contributed by atoms with Gasteiger partial charge in [0.1, 0.15) is 6.04 Å². The Morgan fingerprint density at radius 2 is 2.06 bits per heavy atom. The van der Waals surface area contributed by atoms with E-state index in [1.165, 1.54) is 6.92 Å². The third-order valence-corrected chi connectivity index (χ3v) is 3.67. The smallest absolute Gasteiger partial charge is 0.241 e. The van der Waals surface area contributed by atoms with Crippen LogP contribution in [-0.4, -0.2) is 53.8 Å². The third-order valence-electron chi connectivity index (χ3n) is 3.67. The maximum Gasteiger partial charge on any atom is 0.241 e. The first kappa shape index (κ1) is 11.2. The van der Waals surface area contributed by atoms with Gasteiger partial charge in [0, 0.05) is 14.5 Å². The molecule has 2 rings (SSSR count). The molecule has 0 saturated carbocycles. The number of hydrogen-bond acceptors (Lipinski definition) is 4. The van der Waals surface area contributed by atoms with Gasteiger partial charge in [0.05, 0.1) is 6.04 Å². The summed E-state index contributed by atoms with van der Waals surface area (Å²) in [7, 11) is 1.81. The molecule has 2 fully saturated rings. The Balaban J connectivity index is 2.10. The molecule has 0 aliphatic carbocycles. The van der Waals surface area contributed by atoms with Gasteiger partial charge in [-0.05, 0) is 39.6 Å². The molecule has 0 aromatic carbocycles. The highest BCUT2D eigenvalue weighted by Crippen LogP contribution is 2.23. The molecule has 0 spiro atoms. The lowest BCUT2D eigenvalue weighted by Crippen LogP contribution is -2.52. The molecular formula is C12H21N3O2. The lowest BCUT2D eigenvalue weighted by molar-refractivity contribution is -0.141. The number of carbonyl (C=O) groups excluding carboxylic acids is 2. The van der Waals surface area contributed by atoms with Crippen LogP contribution in [0.4, 0.5) is 0 Å². The molecule has 5 heteroatoms. The van der Waals surface area contributed by atoms with E-state index in [0.29, 0.717) is 13.0 Å². The van der Waals surface area contributed by atoms with E-state index in [9.17, 15) is 9.59 Å². The van der Waals surface area contributed by atoms with Crippen LogP contribution < -0.4 is 5.43 Å². The standard InChI is InChI=1S/C12H21N3O2/c1-9(16)10-5-3-7-14(10)12(17)11-6-4-8-15(11)13-2/h10-11,13H,3-8H2,1-2H3/t10-,11+/m1/s1/i3T/t3-,10-,11+. The molecule has 0 radical (unpaired) electrons. The summed E-state index contributed by atoms with van der Waals surface area (Å²) in [6.45, 7) is 2.75. The molecule has 17 heavy (non-hydrogen) atoms. The predicted octanol–water partition coefficient (Wildman–Crippen LogP) is 0.165. The normalized spacial score (nSPS) is 35.1. The zero-order chi connectivity index (χ0) is 13.3. The fraction of sp³-hybridized carbons (Fsp3) is 0.833. The minimum atomic E-state index is -0.390. The van der Waals surface area contributed by atoms with E-state index in [1.807, 2.05) is 12.1 Å². The van der Waals surface area contributed by atoms with Crippen molar-refractivity contribution >= 4 is 11.7 Å². The molecule has 2 saturated heterocycles. The topological polar surface area (TPSA) is 52.7 Å². The zero-order valence-corrected chi connectivity index (χ0v) is 10.5. The number of Topliss-reactive ketones (excluding diaryl/α,β-unsaturated/α-hetero) is 1. The molecule has 2 aliphatic heterocycles. The van der Waals surface area contributed by atoms with Gasteiger partial charge in [-0.25, -0.2) is 5.01 Å². The van der Waals surface area contributed by atoms with E-state index < -0.39 is 0 Å². The summed E-state index contributed by atoms with van der Waals surface area (Å²) in [5.74, 6) is -0.0103. The SMILES string of the molecule is [3H][C@@H]1C[C@H](C(C)=O)N(C(=O)[C@@H]2CCCN2NC)C1. The molecule has 2 aliphatic rings. The molecule has 5 nitrogen and oxygen atoms in total. The maximum atomic E-state index is 12.5. The number of hydrazine groups is 1. The number of likely N-dealkylation sites (tertiary alicyclic amines) is 1. The van der Waals surface area contributed by atoms with Crippen molar-refractivity contribution in [3.05, 3.63) is 0 Å². The molecule has 0 bridgehead atoms. The average molecular weight is 241 g/mol. The van der Waals surface area contributed by atoms with Crippen molar-refractivity contribution in [3.63, 3.8) is 0 Å². The highest BCUT2D eigenvalue weighted by atomic mass is 16.2. The highest BCUT2D eigenvalue weighted by Gasteiger charge is 2.39. The molecule has 1 amide bonds. The van der Waals surface area contributed by atoms with Gasteiger partial charge in [-0.3, -0.25) is 15.0 Å². The highest BCUT2D eigenvalue weighted by molar-refractivity contribution is 5.90. The first-order chi connectivity index (χ1) is 8.54. The number of amides is 1. The summed E-state index contributed by atoms with van der Waals surface area (Å²) in [5.41, 5.74) is 3.03. The van der Waals surface area contributed by atoms with Crippen LogP contribution in [0.25, 0.3) is 0 Å². The van der Waals surface area contributed by atoms with Crippen molar-refractivity contribution in [3.8, 4) is 0 Å². The number of rotatable bonds is 3. The van der Waals surface area contributed by atoms with Gasteiger partial charge in [0.2, 0.25) is 5.91 Å². The Bertz CT molecular complexity index is 350. The molecule has 2 heterocycles. The van der Waals surface area contributed by atoms with E-state index in [-0.39, 0.29) is 30.2 Å². The van der Waals surface area contributed by atoms with Gasteiger partial charge in [0.15, 0.2) is 5.78 Å². The van der Waals surface area contributed by atoms with Crippen molar-refractivity contribution < 1.29 is 11.0 Å². The molecular weight excluding hydrogens is 218 g/mol. The first-order valence-corrected chi connectivity index (χ1v) is 6.21. The van der Waals surface area contributed by atoms with Crippen LogP contribution in [0.15, 0.2) is 0 Å². The van der Waals surface area contributed by atoms with E-state index in [0.717, 1.165) is 19.4 Å². The third kappa shape index (κ3) is 2.35. The Morgan fingerprint density at radius 1 is 1.29 bits per heavy atom. The summed E-state index contributed by atoms with van der Waals surface area (Å²) in [6.07, 6.45) is 1.96. The monoisotopic (exact) mass is 241 g/mol. The van der Waals surface area contributed by atoms with E-state index in [4.69, 9.17) is 1.37 Å². The minimum Gasteiger partial charge on any atom is -0.331 e. The second-order valence-electron chi connectivity index (χ2n) is 4.72. The van der Waals surface area contributed by atoms with Gasteiger partial charge in [-0.15, -0.1) is 0 Å². The van der Waals surface area contributed by atoms with Gasteiger partial charge in [-0.1, -0.05) is 0 Å². The van der Waals surface area contributed by atoms with E-state index in [2.05, 4.69) is 5.43 Å². The summed E-state index contributed by atoms with van der Waals surface area (Å²) >= 11 is 0. The van der Waals surface area contributed by atoms with Crippen molar-refractivity contribution in [1.82, 2.24) is 15.3 Å². The van der Waals surface area contributed by atoms with Gasteiger partial charge < -0.3 is 4.90 Å². The summed E-state index contributed by atoms with van der Waals surface area (Å²) in [4.78, 5) is 25.7. The van der Waals surface area contributed by atoms with Gasteiger partial charge in [0.25, 0.3) is 0 Å². The molecule has 1 N–H and O–H groups in total. The summed E-state index contributed by atoms with van der Waals surface area (Å²) < 4.78 is 7.77. The fourth-order valence-corrected chi connectivity index (χ4v) is 2.74. The van der Waals surface area contributed by atoms with Gasteiger partial charge >= 0.3 is 0 Å². The average Bonchev–Trinajstić information content (AvgIpc) is 2.93. The van der Waals surface area contributed by atoms with Crippen LogP contribution >= 0.6 is 0 Å². The Hall–Kier alpha value is -0.940. The molecule has 0 aromatic heterocycles. The second kappa shape index (κ2) is 5.14. The molecule has 0 unspecified atom stereocenters. The Morgan fingerprint density at radius 3 is 2.71 bits per heavy atom. The van der Waals surface area contributed by atoms with E-state index in [1.54, 1.807) is 4.90 Å². The van der Waals surface area contributed by atoms with Crippen molar-refractivity contribution in [2.45, 2.75) is 44.7 Å². The minimum absolute atomic E-state index is 0.00296. The molecule has 3 atom stereocenters. The molecule has 96 valence electrons. The van der Waals surface area contributed by atoms with Crippen molar-refractivity contribution in [2.75, 3.05) is 20.1 Å². The van der Waals surface area contributed by atoms with Gasteiger partial charge in [-0.2, -0.15) is 0 Å². The van der Waals surface area contributed by atoms with Crippen LogP contribution in [0.2, 0.25) is 0 Å². The largest absolute Gasteiger partial charge is 0.331 e. The zero-order valence-electron chi connectivity index (χ0n) is 11.5. The van der Waals surface area contributed by atoms with Crippen LogP contribution in [0.5, 0.6) is 0 Å². The van der Waals surface area contributed by atoms with Crippen molar-refractivity contribution in [2.24, 2.45) is 0 Å². The lowest BCUT2D eigenvalue weighted by atomic mass is 10.1. The van der Waals surface area contributed by atoms with Crippen molar-refractivity contribution in [1.29, 1.82) is 0 Å². The van der Waals surface area contributed by atoms with Crippen LogP contribution in [0, 0.1) is 0 Å². The second-order valence-corrected chi connectivity index (χ2v) is 4.72. The predicted molar refractivity (Wildman–Crippen MR) is 64.2 cm³/mol. The number of ketones is 1. The van der Waals surface area contributed by atoms with Crippen LogP contribution in [-0.2, 0) is 9.59 Å². The number of hydrogen-bond donors (Lipinski definition) is 1.